The fourth-order valence-corrected chi connectivity index (χ4v) is 2.57. The van der Waals surface area contributed by atoms with Crippen molar-refractivity contribution in [3.63, 3.8) is 0 Å². The van der Waals surface area contributed by atoms with Gasteiger partial charge in [-0.25, -0.2) is 0 Å². The zero-order valence-electron chi connectivity index (χ0n) is 16.5. The normalized spacial score (nSPS) is 10.5. The molecule has 0 unspecified atom stereocenters. The van der Waals surface area contributed by atoms with Gasteiger partial charge in [0.1, 0.15) is 5.75 Å². The Morgan fingerprint density at radius 2 is 1.69 bits per heavy atom. The molecule has 0 radical (unpaired) electrons. The summed E-state index contributed by atoms with van der Waals surface area (Å²) in [5, 5.41) is 13.9. The first kappa shape index (κ1) is 20.0. The molecule has 0 saturated carbocycles. The van der Waals surface area contributed by atoms with Gasteiger partial charge < -0.3 is 15.4 Å². The van der Waals surface area contributed by atoms with Crippen LogP contribution in [0.5, 0.6) is 5.75 Å². The van der Waals surface area contributed by atoms with Crippen molar-refractivity contribution in [3.05, 3.63) is 71.9 Å². The van der Waals surface area contributed by atoms with E-state index in [4.69, 9.17) is 4.74 Å². The first-order valence-corrected chi connectivity index (χ1v) is 9.20. The van der Waals surface area contributed by atoms with Crippen LogP contribution >= 0.6 is 0 Å². The molecule has 0 atom stereocenters. The van der Waals surface area contributed by atoms with Gasteiger partial charge >= 0.3 is 0 Å². The highest BCUT2D eigenvalue weighted by Crippen LogP contribution is 2.20. The molecular weight excluding hydrogens is 368 g/mol. The summed E-state index contributed by atoms with van der Waals surface area (Å²) in [4.78, 5) is 23.8. The largest absolute Gasteiger partial charge is 0.491 e. The van der Waals surface area contributed by atoms with E-state index in [0.717, 1.165) is 11.4 Å². The molecular formula is C22H22N4O3. The minimum atomic E-state index is -0.403. The second-order valence-electron chi connectivity index (χ2n) is 6.71. The molecule has 2 aromatic carbocycles. The van der Waals surface area contributed by atoms with Gasteiger partial charge in [0.2, 0.25) is 0 Å². The van der Waals surface area contributed by atoms with Crippen molar-refractivity contribution in [2.24, 2.45) is 0 Å². The molecule has 3 rings (SSSR count). The lowest BCUT2D eigenvalue weighted by Crippen LogP contribution is -2.15. The van der Waals surface area contributed by atoms with Crippen LogP contribution in [0, 0.1) is 0 Å². The van der Waals surface area contributed by atoms with Crippen LogP contribution in [0.15, 0.2) is 60.7 Å². The van der Waals surface area contributed by atoms with Crippen LogP contribution in [0.4, 0.5) is 17.2 Å². The third-order valence-electron chi connectivity index (χ3n) is 3.92. The third kappa shape index (κ3) is 5.62. The molecule has 0 aliphatic heterocycles. The first-order chi connectivity index (χ1) is 13.9. The molecule has 0 aliphatic rings. The Morgan fingerprint density at radius 3 is 2.31 bits per heavy atom. The standard InChI is InChI=1S/C22H22N4O3/c1-14(2)29-19-9-7-17(8-10-19)23-21-12-11-20(25-26-21)22(28)24-18-6-4-5-16(13-18)15(3)27/h4-14H,1-3H3,(H,23,26)(H,24,28). The molecule has 0 fully saturated rings. The summed E-state index contributed by atoms with van der Waals surface area (Å²) in [6, 6.07) is 17.5. The van der Waals surface area contributed by atoms with Gasteiger partial charge in [-0.05, 0) is 69.3 Å². The van der Waals surface area contributed by atoms with Gasteiger partial charge in [0.05, 0.1) is 6.10 Å². The highest BCUT2D eigenvalue weighted by Gasteiger charge is 2.10. The fraction of sp³-hybridized carbons (Fsp3) is 0.182. The zero-order chi connectivity index (χ0) is 20.8. The Labute approximate surface area is 169 Å². The summed E-state index contributed by atoms with van der Waals surface area (Å²) in [6.07, 6.45) is 0.114. The Hall–Kier alpha value is -3.74. The predicted molar refractivity (Wildman–Crippen MR) is 112 cm³/mol. The molecule has 2 N–H and O–H groups in total. The van der Waals surface area contributed by atoms with Gasteiger partial charge in [-0.15, -0.1) is 10.2 Å². The number of amides is 1. The van der Waals surface area contributed by atoms with Crippen molar-refractivity contribution in [2.45, 2.75) is 26.9 Å². The number of hydrogen-bond donors (Lipinski definition) is 2. The molecule has 1 amide bonds. The van der Waals surface area contributed by atoms with Gasteiger partial charge in [-0.2, -0.15) is 0 Å². The average Bonchev–Trinajstić information content (AvgIpc) is 2.70. The number of nitrogens with zero attached hydrogens (tertiary/aromatic N) is 2. The van der Waals surface area contributed by atoms with E-state index < -0.39 is 5.91 Å². The lowest BCUT2D eigenvalue weighted by molar-refractivity contribution is 0.100. The monoisotopic (exact) mass is 390 g/mol. The van der Waals surface area contributed by atoms with Crippen LogP contribution < -0.4 is 15.4 Å². The Kier molecular flexibility index (Phi) is 6.19. The molecule has 0 saturated heterocycles. The fourth-order valence-electron chi connectivity index (χ4n) is 2.57. The van der Waals surface area contributed by atoms with E-state index in [1.165, 1.54) is 6.92 Å². The van der Waals surface area contributed by atoms with Crippen molar-refractivity contribution in [3.8, 4) is 5.75 Å². The summed E-state index contributed by atoms with van der Waals surface area (Å²) >= 11 is 0. The first-order valence-electron chi connectivity index (χ1n) is 9.20. The number of aromatic nitrogens is 2. The van der Waals surface area contributed by atoms with Gasteiger partial charge in [-0.3, -0.25) is 9.59 Å². The van der Waals surface area contributed by atoms with Crippen LogP contribution in [-0.2, 0) is 0 Å². The molecule has 0 bridgehead atoms. The smallest absolute Gasteiger partial charge is 0.276 e. The van der Waals surface area contributed by atoms with Gasteiger partial charge in [0, 0.05) is 16.9 Å². The number of Topliss-reactive ketones (excluding diaryl/α,β-unsaturated/α-hetero) is 1. The SMILES string of the molecule is CC(=O)c1cccc(NC(=O)c2ccc(Nc3ccc(OC(C)C)cc3)nn2)c1. The number of carbonyl (C=O) groups excluding carboxylic acids is 2. The number of nitrogens with one attached hydrogen (secondary N) is 2. The Balaban J connectivity index is 1.63. The molecule has 1 heterocycles. The number of hydrogen-bond acceptors (Lipinski definition) is 6. The van der Waals surface area contributed by atoms with Gasteiger partial charge in [0.15, 0.2) is 17.3 Å². The van der Waals surface area contributed by atoms with Gasteiger partial charge in [0.25, 0.3) is 5.91 Å². The molecule has 29 heavy (non-hydrogen) atoms. The summed E-state index contributed by atoms with van der Waals surface area (Å²) in [6.45, 7) is 5.42. The Morgan fingerprint density at radius 1 is 0.931 bits per heavy atom. The topological polar surface area (TPSA) is 93.2 Å². The van der Waals surface area contributed by atoms with Crippen molar-refractivity contribution in [1.29, 1.82) is 0 Å². The zero-order valence-corrected chi connectivity index (χ0v) is 16.5. The van der Waals surface area contributed by atoms with Crippen LogP contribution in [-0.4, -0.2) is 28.0 Å². The number of ether oxygens (including phenoxy) is 1. The maximum absolute atomic E-state index is 12.4. The van der Waals surface area contributed by atoms with E-state index in [1.807, 2.05) is 38.1 Å². The lowest BCUT2D eigenvalue weighted by atomic mass is 10.1. The second-order valence-corrected chi connectivity index (χ2v) is 6.71. The summed E-state index contributed by atoms with van der Waals surface area (Å²) < 4.78 is 5.61. The Bertz CT molecular complexity index is 999. The molecule has 7 heteroatoms. The molecule has 3 aromatic rings. The van der Waals surface area contributed by atoms with Crippen molar-refractivity contribution >= 4 is 28.9 Å². The van der Waals surface area contributed by atoms with E-state index in [0.29, 0.717) is 17.1 Å². The van der Waals surface area contributed by atoms with E-state index >= 15 is 0 Å². The minimum Gasteiger partial charge on any atom is -0.491 e. The molecule has 0 spiro atoms. The highest BCUT2D eigenvalue weighted by molar-refractivity contribution is 6.03. The van der Waals surface area contributed by atoms with Gasteiger partial charge in [-0.1, -0.05) is 12.1 Å². The van der Waals surface area contributed by atoms with Crippen molar-refractivity contribution < 1.29 is 14.3 Å². The third-order valence-corrected chi connectivity index (χ3v) is 3.92. The minimum absolute atomic E-state index is 0.0693. The number of rotatable bonds is 7. The van der Waals surface area contributed by atoms with E-state index in [-0.39, 0.29) is 17.6 Å². The average molecular weight is 390 g/mol. The molecule has 0 aliphatic carbocycles. The molecule has 148 valence electrons. The van der Waals surface area contributed by atoms with Crippen LogP contribution in [0.1, 0.15) is 41.6 Å². The maximum Gasteiger partial charge on any atom is 0.276 e. The molecule has 1 aromatic heterocycles. The van der Waals surface area contributed by atoms with E-state index in [2.05, 4.69) is 20.8 Å². The number of anilines is 3. The quantitative estimate of drug-likeness (QED) is 0.579. The maximum atomic E-state index is 12.4. The highest BCUT2D eigenvalue weighted by atomic mass is 16.5. The van der Waals surface area contributed by atoms with E-state index in [1.54, 1.807) is 36.4 Å². The van der Waals surface area contributed by atoms with Crippen molar-refractivity contribution in [1.82, 2.24) is 10.2 Å². The van der Waals surface area contributed by atoms with Crippen molar-refractivity contribution in [2.75, 3.05) is 10.6 Å². The summed E-state index contributed by atoms with van der Waals surface area (Å²) in [5.41, 5.74) is 2.05. The second kappa shape index (κ2) is 8.97. The summed E-state index contributed by atoms with van der Waals surface area (Å²) in [5.74, 6) is 0.829. The number of benzene rings is 2. The van der Waals surface area contributed by atoms with Crippen LogP contribution in [0.25, 0.3) is 0 Å². The number of ketones is 1. The molecule has 7 nitrogen and oxygen atoms in total. The van der Waals surface area contributed by atoms with E-state index in [9.17, 15) is 9.59 Å². The lowest BCUT2D eigenvalue weighted by Gasteiger charge is -2.11. The van der Waals surface area contributed by atoms with Crippen LogP contribution in [0.2, 0.25) is 0 Å². The van der Waals surface area contributed by atoms with Crippen LogP contribution in [0.3, 0.4) is 0 Å². The predicted octanol–water partition coefficient (Wildman–Crippen LogP) is 4.46. The summed E-state index contributed by atoms with van der Waals surface area (Å²) in [7, 11) is 0. The number of carbonyl (C=O) groups is 2.